The third-order valence-electron chi connectivity index (χ3n) is 5.59. The summed E-state index contributed by atoms with van der Waals surface area (Å²) in [5.41, 5.74) is 2.59. The Kier molecular flexibility index (Phi) is 6.97. The number of anilines is 1. The summed E-state index contributed by atoms with van der Waals surface area (Å²) in [5, 5.41) is 14.9. The van der Waals surface area contributed by atoms with Gasteiger partial charge >= 0.3 is 0 Å². The number of nitrogens with one attached hydrogen (secondary N) is 1. The number of hydrogen-bond donors (Lipinski definition) is 1. The Morgan fingerprint density at radius 3 is 2.54 bits per heavy atom. The van der Waals surface area contributed by atoms with Crippen molar-refractivity contribution in [1.29, 1.82) is 0 Å². The summed E-state index contributed by atoms with van der Waals surface area (Å²) in [6.45, 7) is 5.79. The van der Waals surface area contributed by atoms with E-state index in [1.54, 1.807) is 47.9 Å². The first kappa shape index (κ1) is 24.2. The van der Waals surface area contributed by atoms with Gasteiger partial charge in [0.2, 0.25) is 5.91 Å². The van der Waals surface area contributed by atoms with Crippen LogP contribution in [0.5, 0.6) is 0 Å². The van der Waals surface area contributed by atoms with Crippen LogP contribution in [0.2, 0.25) is 0 Å². The maximum atomic E-state index is 13.6. The van der Waals surface area contributed by atoms with Crippen molar-refractivity contribution in [3.05, 3.63) is 98.3 Å². The third-order valence-corrected chi connectivity index (χ3v) is 6.53. The van der Waals surface area contributed by atoms with Crippen molar-refractivity contribution in [3.63, 3.8) is 0 Å². The summed E-state index contributed by atoms with van der Waals surface area (Å²) in [5.74, 6) is -0.356. The first-order valence-electron chi connectivity index (χ1n) is 11.1. The zero-order chi connectivity index (χ0) is 25.1. The van der Waals surface area contributed by atoms with Crippen LogP contribution in [-0.2, 0) is 4.79 Å². The molecule has 0 saturated carbocycles. The molecule has 0 radical (unpaired) electrons. The van der Waals surface area contributed by atoms with E-state index in [9.17, 15) is 19.7 Å². The standard InChI is InChI=1S/C26H24N4O4S/c1-16(2)18-10-5-7-13-21(18)29-25(32)19-11-4-6-12-20(19)27-26(29)35-15-23(31)28-24-17(3)9-8-14-22(24)30(33)34/h4-14,16H,15H2,1-3H3,(H,28,31). The summed E-state index contributed by atoms with van der Waals surface area (Å²) >= 11 is 1.11. The lowest BCUT2D eigenvalue weighted by atomic mass is 10.0. The lowest BCUT2D eigenvalue weighted by Gasteiger charge is -2.18. The van der Waals surface area contributed by atoms with Gasteiger partial charge in [0.25, 0.3) is 11.2 Å². The Morgan fingerprint density at radius 2 is 1.80 bits per heavy atom. The van der Waals surface area contributed by atoms with Gasteiger partial charge < -0.3 is 5.32 Å². The molecule has 1 amide bonds. The molecule has 1 N–H and O–H groups in total. The molecule has 8 nitrogen and oxygen atoms in total. The largest absolute Gasteiger partial charge is 0.319 e. The first-order chi connectivity index (χ1) is 16.8. The van der Waals surface area contributed by atoms with Gasteiger partial charge in [-0.25, -0.2) is 4.98 Å². The predicted molar refractivity (Wildman–Crippen MR) is 139 cm³/mol. The fourth-order valence-corrected chi connectivity index (χ4v) is 4.68. The van der Waals surface area contributed by atoms with Crippen molar-refractivity contribution < 1.29 is 9.72 Å². The molecule has 35 heavy (non-hydrogen) atoms. The lowest BCUT2D eigenvalue weighted by Crippen LogP contribution is -2.24. The number of aromatic nitrogens is 2. The second-order valence-electron chi connectivity index (χ2n) is 8.33. The maximum Gasteiger partial charge on any atom is 0.293 e. The number of thioether (sulfide) groups is 1. The van der Waals surface area contributed by atoms with Crippen LogP contribution in [0.4, 0.5) is 11.4 Å². The number of fused-ring (bicyclic) bond motifs is 1. The van der Waals surface area contributed by atoms with Crippen LogP contribution < -0.4 is 10.9 Å². The number of para-hydroxylation sites is 3. The number of amides is 1. The van der Waals surface area contributed by atoms with Gasteiger partial charge in [0.1, 0.15) is 5.69 Å². The Hall–Kier alpha value is -3.98. The zero-order valence-electron chi connectivity index (χ0n) is 19.5. The molecule has 178 valence electrons. The molecule has 9 heteroatoms. The molecule has 0 saturated heterocycles. The highest BCUT2D eigenvalue weighted by atomic mass is 32.2. The molecule has 3 aromatic carbocycles. The van der Waals surface area contributed by atoms with Crippen molar-refractivity contribution in [2.75, 3.05) is 11.1 Å². The van der Waals surface area contributed by atoms with Gasteiger partial charge in [-0.05, 0) is 42.2 Å². The van der Waals surface area contributed by atoms with Crippen LogP contribution in [0.1, 0.15) is 30.9 Å². The Bertz CT molecular complexity index is 1500. The molecule has 1 aromatic heterocycles. The SMILES string of the molecule is Cc1cccc([N+](=O)[O-])c1NC(=O)CSc1nc2ccccc2c(=O)n1-c1ccccc1C(C)C. The highest BCUT2D eigenvalue weighted by molar-refractivity contribution is 7.99. The number of nitrogens with zero attached hydrogens (tertiary/aromatic N) is 3. The van der Waals surface area contributed by atoms with Crippen molar-refractivity contribution >= 4 is 39.9 Å². The minimum absolute atomic E-state index is 0.0832. The summed E-state index contributed by atoms with van der Waals surface area (Å²) in [4.78, 5) is 41.9. The molecular weight excluding hydrogens is 464 g/mol. The number of nitro groups is 1. The number of benzene rings is 3. The molecule has 4 rings (SSSR count). The molecular formula is C26H24N4O4S. The van der Waals surface area contributed by atoms with Crippen LogP contribution >= 0.6 is 11.8 Å². The lowest BCUT2D eigenvalue weighted by molar-refractivity contribution is -0.384. The molecule has 0 aliphatic rings. The number of aryl methyl sites for hydroxylation is 1. The zero-order valence-corrected chi connectivity index (χ0v) is 20.3. The van der Waals surface area contributed by atoms with E-state index in [-0.39, 0.29) is 28.6 Å². The first-order valence-corrected chi connectivity index (χ1v) is 12.0. The number of rotatable bonds is 7. The van der Waals surface area contributed by atoms with E-state index < -0.39 is 10.8 Å². The fraction of sp³-hybridized carbons (Fsp3) is 0.192. The number of carbonyl (C=O) groups excluding carboxylic acids is 1. The fourth-order valence-electron chi connectivity index (χ4n) is 3.87. The topological polar surface area (TPSA) is 107 Å². The Morgan fingerprint density at radius 1 is 1.09 bits per heavy atom. The molecule has 0 fully saturated rings. The number of nitro benzene ring substituents is 1. The average Bonchev–Trinajstić information content (AvgIpc) is 2.84. The molecule has 0 spiro atoms. The molecule has 0 aliphatic carbocycles. The molecule has 1 heterocycles. The Balaban J connectivity index is 1.73. The average molecular weight is 489 g/mol. The van der Waals surface area contributed by atoms with Crippen LogP contribution in [0, 0.1) is 17.0 Å². The molecule has 4 aromatic rings. The van der Waals surface area contributed by atoms with Crippen LogP contribution in [0.15, 0.2) is 76.7 Å². The second-order valence-corrected chi connectivity index (χ2v) is 9.27. The quantitative estimate of drug-likeness (QED) is 0.160. The van der Waals surface area contributed by atoms with Crippen LogP contribution in [0.3, 0.4) is 0 Å². The maximum absolute atomic E-state index is 13.6. The third kappa shape index (κ3) is 4.95. The van der Waals surface area contributed by atoms with Gasteiger partial charge in [0.05, 0.1) is 27.3 Å². The molecule has 0 bridgehead atoms. The van der Waals surface area contributed by atoms with E-state index in [0.29, 0.717) is 27.3 Å². The van der Waals surface area contributed by atoms with E-state index in [2.05, 4.69) is 5.32 Å². The van der Waals surface area contributed by atoms with Gasteiger partial charge in [0, 0.05) is 6.07 Å². The predicted octanol–water partition coefficient (Wildman–Crippen LogP) is 5.46. The molecule has 0 unspecified atom stereocenters. The normalized spacial score (nSPS) is 11.1. The smallest absolute Gasteiger partial charge is 0.293 e. The van der Waals surface area contributed by atoms with Gasteiger partial charge in [0.15, 0.2) is 5.16 Å². The minimum Gasteiger partial charge on any atom is -0.319 e. The highest BCUT2D eigenvalue weighted by Gasteiger charge is 2.20. The number of hydrogen-bond acceptors (Lipinski definition) is 6. The second kappa shape index (κ2) is 10.1. The van der Waals surface area contributed by atoms with E-state index in [1.807, 2.05) is 38.1 Å². The highest BCUT2D eigenvalue weighted by Crippen LogP contribution is 2.29. The van der Waals surface area contributed by atoms with E-state index >= 15 is 0 Å². The molecule has 0 aliphatic heterocycles. The van der Waals surface area contributed by atoms with E-state index in [4.69, 9.17) is 4.98 Å². The van der Waals surface area contributed by atoms with Gasteiger partial charge in [-0.2, -0.15) is 0 Å². The van der Waals surface area contributed by atoms with Crippen LogP contribution in [-0.4, -0.2) is 26.1 Å². The van der Waals surface area contributed by atoms with E-state index in [0.717, 1.165) is 17.3 Å². The van der Waals surface area contributed by atoms with Crippen molar-refractivity contribution in [3.8, 4) is 5.69 Å². The van der Waals surface area contributed by atoms with Crippen molar-refractivity contribution in [1.82, 2.24) is 9.55 Å². The minimum atomic E-state index is -0.527. The summed E-state index contributed by atoms with van der Waals surface area (Å²) < 4.78 is 1.55. The van der Waals surface area contributed by atoms with Crippen molar-refractivity contribution in [2.24, 2.45) is 0 Å². The van der Waals surface area contributed by atoms with Crippen LogP contribution in [0.25, 0.3) is 16.6 Å². The summed E-state index contributed by atoms with van der Waals surface area (Å²) in [6, 6.07) is 19.3. The summed E-state index contributed by atoms with van der Waals surface area (Å²) in [7, 11) is 0. The van der Waals surface area contributed by atoms with Gasteiger partial charge in [-0.15, -0.1) is 0 Å². The van der Waals surface area contributed by atoms with Gasteiger partial charge in [-0.3, -0.25) is 24.3 Å². The van der Waals surface area contributed by atoms with Gasteiger partial charge in [-0.1, -0.05) is 68.1 Å². The summed E-state index contributed by atoms with van der Waals surface area (Å²) in [6.07, 6.45) is 0. The number of carbonyl (C=O) groups is 1. The van der Waals surface area contributed by atoms with Crippen molar-refractivity contribution in [2.45, 2.75) is 31.8 Å². The monoisotopic (exact) mass is 488 g/mol. The van der Waals surface area contributed by atoms with E-state index in [1.165, 1.54) is 6.07 Å². The Labute approximate surface area is 206 Å². The molecule has 0 atom stereocenters.